The Bertz CT molecular complexity index is 540. The molecule has 1 aromatic rings. The van der Waals surface area contributed by atoms with Gasteiger partial charge in [-0.1, -0.05) is 25.8 Å². The van der Waals surface area contributed by atoms with Gasteiger partial charge in [-0.25, -0.2) is 0 Å². The summed E-state index contributed by atoms with van der Waals surface area (Å²) in [6.45, 7) is 8.60. The summed E-state index contributed by atoms with van der Waals surface area (Å²) in [7, 11) is 0. The molecular formula is C19H28N2O2. The number of fused-ring (bicyclic) bond motifs is 1. The molecule has 0 spiro atoms. The zero-order valence-corrected chi connectivity index (χ0v) is 14.2. The first-order chi connectivity index (χ1) is 11.3. The van der Waals surface area contributed by atoms with E-state index in [2.05, 4.69) is 28.9 Å². The molecule has 2 heterocycles. The average molecular weight is 316 g/mol. The normalized spacial score (nSPS) is 28.9. The molecule has 4 heteroatoms. The van der Waals surface area contributed by atoms with Crippen molar-refractivity contribution in [2.24, 2.45) is 5.92 Å². The van der Waals surface area contributed by atoms with Gasteiger partial charge in [0.1, 0.15) is 0 Å². The fraction of sp³-hybridized carbons (Fsp3) is 0.684. The molecule has 0 unspecified atom stereocenters. The summed E-state index contributed by atoms with van der Waals surface area (Å²) >= 11 is 0. The van der Waals surface area contributed by atoms with Crippen LogP contribution in [0.1, 0.15) is 38.2 Å². The summed E-state index contributed by atoms with van der Waals surface area (Å²) in [5.41, 5.74) is 1.33. The molecule has 4 rings (SSSR count). The van der Waals surface area contributed by atoms with Gasteiger partial charge in [0, 0.05) is 38.8 Å². The second kappa shape index (κ2) is 6.70. The van der Waals surface area contributed by atoms with Crippen molar-refractivity contribution in [2.75, 3.05) is 33.0 Å². The number of rotatable bonds is 3. The summed E-state index contributed by atoms with van der Waals surface area (Å²) in [5.74, 6) is 2.70. The van der Waals surface area contributed by atoms with Crippen LogP contribution in [0.25, 0.3) is 0 Å². The first kappa shape index (κ1) is 15.3. The standard InChI is InChI=1S/C19H28N2O2/c1-15-3-2-4-17(11-15)21-9-7-20(8-10-21)13-16-5-6-18-19(12-16)23-14-22-18/h5-6,12,15,17H,2-4,7-11,13-14H2,1H3/t15-,17-/m1/s1. The lowest BCUT2D eigenvalue weighted by atomic mass is 9.86. The van der Waals surface area contributed by atoms with Crippen LogP contribution < -0.4 is 9.47 Å². The van der Waals surface area contributed by atoms with E-state index >= 15 is 0 Å². The van der Waals surface area contributed by atoms with Crippen LogP contribution in [0.5, 0.6) is 11.5 Å². The fourth-order valence-electron chi connectivity index (χ4n) is 4.32. The molecule has 1 aromatic carbocycles. The molecule has 0 radical (unpaired) electrons. The number of nitrogens with zero attached hydrogens (tertiary/aromatic N) is 2. The minimum atomic E-state index is 0.358. The summed E-state index contributed by atoms with van der Waals surface area (Å²) in [4.78, 5) is 5.31. The van der Waals surface area contributed by atoms with Crippen molar-refractivity contribution in [1.29, 1.82) is 0 Å². The molecule has 4 nitrogen and oxygen atoms in total. The highest BCUT2D eigenvalue weighted by Gasteiger charge is 2.27. The van der Waals surface area contributed by atoms with E-state index in [1.165, 1.54) is 57.4 Å². The SMILES string of the molecule is C[C@@H]1CCC[C@@H](N2CCN(Cc3ccc4c(c3)OCO4)CC2)C1. The highest BCUT2D eigenvalue weighted by atomic mass is 16.7. The van der Waals surface area contributed by atoms with Gasteiger partial charge < -0.3 is 9.47 Å². The van der Waals surface area contributed by atoms with Crippen LogP contribution >= 0.6 is 0 Å². The Morgan fingerprint density at radius 3 is 2.70 bits per heavy atom. The molecule has 2 atom stereocenters. The molecule has 23 heavy (non-hydrogen) atoms. The van der Waals surface area contributed by atoms with Gasteiger partial charge in [0.25, 0.3) is 0 Å². The Balaban J connectivity index is 1.30. The quantitative estimate of drug-likeness (QED) is 0.855. The largest absolute Gasteiger partial charge is 0.454 e. The third kappa shape index (κ3) is 3.48. The van der Waals surface area contributed by atoms with Gasteiger partial charge in [0.15, 0.2) is 11.5 Å². The van der Waals surface area contributed by atoms with Gasteiger partial charge in [-0.3, -0.25) is 9.80 Å². The Labute approximate surface area is 139 Å². The van der Waals surface area contributed by atoms with E-state index in [0.717, 1.165) is 30.0 Å². The molecule has 0 aromatic heterocycles. The zero-order chi connectivity index (χ0) is 15.6. The molecule has 126 valence electrons. The van der Waals surface area contributed by atoms with Crippen LogP contribution in [-0.4, -0.2) is 48.8 Å². The predicted octanol–water partition coefficient (Wildman–Crippen LogP) is 3.11. The topological polar surface area (TPSA) is 24.9 Å². The average Bonchev–Trinajstić information content (AvgIpc) is 3.03. The van der Waals surface area contributed by atoms with Crippen molar-refractivity contribution < 1.29 is 9.47 Å². The lowest BCUT2D eigenvalue weighted by Gasteiger charge is -2.42. The molecule has 0 N–H and O–H groups in total. The van der Waals surface area contributed by atoms with E-state index in [4.69, 9.17) is 9.47 Å². The lowest BCUT2D eigenvalue weighted by Crippen LogP contribution is -2.50. The third-order valence-electron chi connectivity index (χ3n) is 5.68. The van der Waals surface area contributed by atoms with Crippen LogP contribution in [-0.2, 0) is 6.54 Å². The molecule has 2 fully saturated rings. The summed E-state index contributed by atoms with van der Waals surface area (Å²) < 4.78 is 10.9. The Kier molecular flexibility index (Phi) is 4.45. The summed E-state index contributed by atoms with van der Waals surface area (Å²) in [6.07, 6.45) is 5.67. The van der Waals surface area contributed by atoms with Gasteiger partial charge in [-0.05, 0) is 36.5 Å². The molecule has 0 bridgehead atoms. The third-order valence-corrected chi connectivity index (χ3v) is 5.68. The van der Waals surface area contributed by atoms with E-state index in [9.17, 15) is 0 Å². The minimum absolute atomic E-state index is 0.358. The Morgan fingerprint density at radius 2 is 1.87 bits per heavy atom. The van der Waals surface area contributed by atoms with E-state index in [0.29, 0.717) is 6.79 Å². The maximum atomic E-state index is 5.49. The van der Waals surface area contributed by atoms with E-state index < -0.39 is 0 Å². The highest BCUT2D eigenvalue weighted by Crippen LogP contribution is 2.33. The molecule has 2 aliphatic heterocycles. The van der Waals surface area contributed by atoms with Crippen molar-refractivity contribution in [3.8, 4) is 11.5 Å². The molecule has 0 amide bonds. The predicted molar refractivity (Wildman–Crippen MR) is 90.8 cm³/mol. The van der Waals surface area contributed by atoms with Crippen molar-refractivity contribution in [3.05, 3.63) is 23.8 Å². The molecule has 1 aliphatic carbocycles. The number of hydrogen-bond donors (Lipinski definition) is 0. The second-order valence-electron chi connectivity index (χ2n) is 7.43. The lowest BCUT2D eigenvalue weighted by molar-refractivity contribution is 0.0659. The number of piperazine rings is 1. The first-order valence-electron chi connectivity index (χ1n) is 9.13. The van der Waals surface area contributed by atoms with Crippen LogP contribution in [0.4, 0.5) is 0 Å². The minimum Gasteiger partial charge on any atom is -0.454 e. The van der Waals surface area contributed by atoms with Crippen molar-refractivity contribution in [3.63, 3.8) is 0 Å². The summed E-state index contributed by atoms with van der Waals surface area (Å²) in [5, 5.41) is 0. The number of benzene rings is 1. The van der Waals surface area contributed by atoms with Gasteiger partial charge in [0.05, 0.1) is 0 Å². The highest BCUT2D eigenvalue weighted by molar-refractivity contribution is 5.44. The van der Waals surface area contributed by atoms with Gasteiger partial charge in [-0.2, -0.15) is 0 Å². The van der Waals surface area contributed by atoms with E-state index in [1.54, 1.807) is 0 Å². The van der Waals surface area contributed by atoms with E-state index in [-0.39, 0.29) is 0 Å². The Hall–Kier alpha value is -1.26. The molecular weight excluding hydrogens is 288 g/mol. The van der Waals surface area contributed by atoms with Gasteiger partial charge in [-0.15, -0.1) is 0 Å². The molecule has 1 saturated heterocycles. The van der Waals surface area contributed by atoms with Crippen LogP contribution in [0.3, 0.4) is 0 Å². The van der Waals surface area contributed by atoms with Crippen LogP contribution in [0, 0.1) is 5.92 Å². The van der Waals surface area contributed by atoms with Crippen LogP contribution in [0.15, 0.2) is 18.2 Å². The maximum absolute atomic E-state index is 5.49. The maximum Gasteiger partial charge on any atom is 0.231 e. The number of ether oxygens (including phenoxy) is 2. The monoisotopic (exact) mass is 316 g/mol. The fourth-order valence-corrected chi connectivity index (χ4v) is 4.32. The molecule has 3 aliphatic rings. The van der Waals surface area contributed by atoms with E-state index in [1.807, 2.05) is 6.07 Å². The van der Waals surface area contributed by atoms with Crippen molar-refractivity contribution >= 4 is 0 Å². The zero-order valence-electron chi connectivity index (χ0n) is 14.2. The molecule has 1 saturated carbocycles. The van der Waals surface area contributed by atoms with Crippen molar-refractivity contribution in [1.82, 2.24) is 9.80 Å². The Morgan fingerprint density at radius 1 is 1.04 bits per heavy atom. The van der Waals surface area contributed by atoms with Gasteiger partial charge in [0.2, 0.25) is 6.79 Å². The summed E-state index contributed by atoms with van der Waals surface area (Å²) in [6, 6.07) is 7.18. The number of hydrogen-bond acceptors (Lipinski definition) is 4. The van der Waals surface area contributed by atoms with Crippen LogP contribution in [0.2, 0.25) is 0 Å². The second-order valence-corrected chi connectivity index (χ2v) is 7.43. The van der Waals surface area contributed by atoms with Gasteiger partial charge >= 0.3 is 0 Å². The van der Waals surface area contributed by atoms with Crippen molar-refractivity contribution in [2.45, 2.75) is 45.2 Å². The smallest absolute Gasteiger partial charge is 0.231 e. The first-order valence-corrected chi connectivity index (χ1v) is 9.13.